The number of fused-ring (bicyclic) bond motifs is 1. The van der Waals surface area contributed by atoms with Gasteiger partial charge in [-0.3, -0.25) is 0 Å². The van der Waals surface area contributed by atoms with Crippen LogP contribution in [-0.2, 0) is 10.8 Å². The zero-order chi connectivity index (χ0) is 27.8. The minimum absolute atomic E-state index is 0.0573. The highest BCUT2D eigenvalue weighted by Gasteiger charge is 2.27. The highest BCUT2D eigenvalue weighted by molar-refractivity contribution is 5.75. The maximum atomic E-state index is 6.18. The molecule has 0 saturated carbocycles. The van der Waals surface area contributed by atoms with Crippen molar-refractivity contribution in [2.45, 2.75) is 44.4 Å². The SMILES string of the molecule is CC(C)(C)c1ccc2oc(/C=C/C(C/C=C/c3ccccc3)(C/C=C/c3ccccc3)c3ccccc3)nc2c1. The summed E-state index contributed by atoms with van der Waals surface area (Å²) in [6, 6.07) is 38.0. The molecule has 2 heteroatoms. The van der Waals surface area contributed by atoms with Crippen LogP contribution in [0.2, 0.25) is 0 Å². The quantitative estimate of drug-likeness (QED) is 0.192. The molecule has 200 valence electrons. The molecule has 0 radical (unpaired) electrons. The summed E-state index contributed by atoms with van der Waals surface area (Å²) in [6.07, 6.45) is 15.0. The Morgan fingerprint density at radius 3 is 1.73 bits per heavy atom. The lowest BCUT2D eigenvalue weighted by Crippen LogP contribution is -2.22. The van der Waals surface area contributed by atoms with Gasteiger partial charge >= 0.3 is 0 Å². The average Bonchev–Trinajstić information content (AvgIpc) is 3.39. The van der Waals surface area contributed by atoms with Crippen molar-refractivity contribution in [1.29, 1.82) is 0 Å². The number of nitrogens with zero attached hydrogens (tertiary/aromatic N) is 1. The summed E-state index contributed by atoms with van der Waals surface area (Å²) in [6.45, 7) is 6.65. The van der Waals surface area contributed by atoms with Crippen molar-refractivity contribution in [3.63, 3.8) is 0 Å². The number of hydrogen-bond donors (Lipinski definition) is 0. The maximum Gasteiger partial charge on any atom is 0.219 e. The van der Waals surface area contributed by atoms with Crippen LogP contribution in [0.1, 0.15) is 61.8 Å². The van der Waals surface area contributed by atoms with Crippen molar-refractivity contribution < 1.29 is 4.42 Å². The van der Waals surface area contributed by atoms with E-state index in [1.807, 2.05) is 18.2 Å². The summed E-state index contributed by atoms with van der Waals surface area (Å²) in [5.41, 5.74) is 6.38. The average molecular weight is 524 g/mol. The van der Waals surface area contributed by atoms with Gasteiger partial charge in [-0.25, -0.2) is 4.98 Å². The minimum atomic E-state index is -0.283. The Hall–Kier alpha value is -4.43. The highest BCUT2D eigenvalue weighted by Crippen LogP contribution is 2.36. The van der Waals surface area contributed by atoms with Gasteiger partial charge in [0.25, 0.3) is 0 Å². The zero-order valence-corrected chi connectivity index (χ0v) is 23.6. The summed E-state index contributed by atoms with van der Waals surface area (Å²) < 4.78 is 6.18. The molecular weight excluding hydrogens is 486 g/mol. The maximum absolute atomic E-state index is 6.18. The smallest absolute Gasteiger partial charge is 0.219 e. The van der Waals surface area contributed by atoms with Gasteiger partial charge in [-0.05, 0) is 58.7 Å². The van der Waals surface area contributed by atoms with E-state index in [1.54, 1.807) is 0 Å². The number of allylic oxidation sites excluding steroid dienone is 3. The number of aromatic nitrogens is 1. The molecule has 0 atom stereocenters. The van der Waals surface area contributed by atoms with Crippen LogP contribution in [0, 0.1) is 0 Å². The van der Waals surface area contributed by atoms with Gasteiger partial charge in [0.05, 0.1) is 0 Å². The highest BCUT2D eigenvalue weighted by atomic mass is 16.3. The molecule has 0 fully saturated rings. The summed E-state index contributed by atoms with van der Waals surface area (Å²) in [7, 11) is 0. The van der Waals surface area contributed by atoms with Crippen LogP contribution in [-0.4, -0.2) is 4.98 Å². The Bertz CT molecular complexity index is 1550. The Morgan fingerprint density at radius 1 is 0.625 bits per heavy atom. The molecule has 0 saturated heterocycles. The second-order valence-corrected chi connectivity index (χ2v) is 11.4. The van der Waals surface area contributed by atoms with E-state index < -0.39 is 0 Å². The van der Waals surface area contributed by atoms with E-state index >= 15 is 0 Å². The van der Waals surface area contributed by atoms with E-state index in [-0.39, 0.29) is 10.8 Å². The van der Waals surface area contributed by atoms with Crippen LogP contribution in [0.4, 0.5) is 0 Å². The van der Waals surface area contributed by atoms with Gasteiger partial charge in [0.15, 0.2) is 5.58 Å². The number of rotatable bonds is 9. The van der Waals surface area contributed by atoms with Gasteiger partial charge in [-0.15, -0.1) is 0 Å². The van der Waals surface area contributed by atoms with Crippen LogP contribution in [0.15, 0.2) is 132 Å². The third-order valence-corrected chi connectivity index (χ3v) is 7.35. The van der Waals surface area contributed by atoms with Crippen LogP contribution in [0.5, 0.6) is 0 Å². The van der Waals surface area contributed by atoms with E-state index in [0.29, 0.717) is 5.89 Å². The van der Waals surface area contributed by atoms with E-state index in [2.05, 4.69) is 148 Å². The van der Waals surface area contributed by atoms with Crippen molar-refractivity contribution >= 4 is 29.3 Å². The van der Waals surface area contributed by atoms with Crippen molar-refractivity contribution in [2.24, 2.45) is 0 Å². The summed E-state index contributed by atoms with van der Waals surface area (Å²) in [5.74, 6) is 0.625. The van der Waals surface area contributed by atoms with Crippen LogP contribution < -0.4 is 0 Å². The Balaban J connectivity index is 1.53. The molecule has 0 aliphatic heterocycles. The molecule has 40 heavy (non-hydrogen) atoms. The van der Waals surface area contributed by atoms with Crippen LogP contribution in [0.3, 0.4) is 0 Å². The third kappa shape index (κ3) is 6.76. The molecule has 0 bridgehead atoms. The molecular formula is C38H37NO. The summed E-state index contributed by atoms with van der Waals surface area (Å²) in [4.78, 5) is 4.85. The standard InChI is InChI=1S/C38H37NO/c1-37(2,3)33-23-24-35-34(29-33)39-36(40-35)25-28-38(32-21-11-6-12-22-32,26-13-19-30-15-7-4-8-16-30)27-14-20-31-17-9-5-10-18-31/h4-25,28-29H,26-27H2,1-3H3/b19-13+,20-14+,28-25+. The minimum Gasteiger partial charge on any atom is -0.437 e. The number of benzene rings is 4. The third-order valence-electron chi connectivity index (χ3n) is 7.35. The molecule has 0 aliphatic carbocycles. The normalized spacial score (nSPS) is 12.8. The van der Waals surface area contributed by atoms with Gasteiger partial charge in [-0.1, -0.05) is 148 Å². The molecule has 4 aromatic carbocycles. The molecule has 0 amide bonds. The van der Waals surface area contributed by atoms with Crippen molar-refractivity contribution in [1.82, 2.24) is 4.98 Å². The second-order valence-electron chi connectivity index (χ2n) is 11.4. The predicted octanol–water partition coefficient (Wildman–Crippen LogP) is 10.3. The molecule has 1 aromatic heterocycles. The Morgan fingerprint density at radius 2 is 1.18 bits per heavy atom. The van der Waals surface area contributed by atoms with Gasteiger partial charge in [-0.2, -0.15) is 0 Å². The summed E-state index contributed by atoms with van der Waals surface area (Å²) in [5, 5.41) is 0. The molecule has 1 heterocycles. The van der Waals surface area contributed by atoms with E-state index in [4.69, 9.17) is 9.40 Å². The van der Waals surface area contributed by atoms with Crippen LogP contribution >= 0.6 is 0 Å². The molecule has 2 nitrogen and oxygen atoms in total. The molecule has 0 spiro atoms. The van der Waals surface area contributed by atoms with Gasteiger partial charge in [0.2, 0.25) is 5.89 Å². The van der Waals surface area contributed by atoms with Crippen molar-refractivity contribution in [3.8, 4) is 0 Å². The fraction of sp³-hybridized carbons (Fsp3) is 0.184. The first-order valence-corrected chi connectivity index (χ1v) is 14.0. The Labute approximate surface area is 238 Å². The molecule has 5 rings (SSSR count). The molecule has 0 unspecified atom stereocenters. The van der Waals surface area contributed by atoms with Gasteiger partial charge in [0, 0.05) is 5.41 Å². The first-order valence-electron chi connectivity index (χ1n) is 14.0. The second kappa shape index (κ2) is 12.2. The Kier molecular flexibility index (Phi) is 8.26. The lowest BCUT2D eigenvalue weighted by atomic mass is 9.74. The fourth-order valence-corrected chi connectivity index (χ4v) is 4.97. The van der Waals surface area contributed by atoms with Crippen molar-refractivity contribution in [3.05, 3.63) is 156 Å². The van der Waals surface area contributed by atoms with Gasteiger partial charge < -0.3 is 4.42 Å². The number of hydrogen-bond acceptors (Lipinski definition) is 2. The summed E-state index contributed by atoms with van der Waals surface area (Å²) >= 11 is 0. The van der Waals surface area contributed by atoms with E-state index in [1.165, 1.54) is 22.3 Å². The first kappa shape index (κ1) is 27.1. The van der Waals surface area contributed by atoms with E-state index in [0.717, 1.165) is 23.9 Å². The van der Waals surface area contributed by atoms with Crippen molar-refractivity contribution in [2.75, 3.05) is 0 Å². The van der Waals surface area contributed by atoms with Crippen LogP contribution in [0.25, 0.3) is 29.3 Å². The monoisotopic (exact) mass is 523 g/mol. The lowest BCUT2D eigenvalue weighted by molar-refractivity contribution is 0.549. The predicted molar refractivity (Wildman–Crippen MR) is 170 cm³/mol. The lowest BCUT2D eigenvalue weighted by Gasteiger charge is -2.29. The molecule has 5 aromatic rings. The number of oxazole rings is 1. The van der Waals surface area contributed by atoms with Gasteiger partial charge in [0.1, 0.15) is 5.52 Å². The van der Waals surface area contributed by atoms with E-state index in [9.17, 15) is 0 Å². The zero-order valence-electron chi connectivity index (χ0n) is 23.6. The fourth-order valence-electron chi connectivity index (χ4n) is 4.97. The molecule has 0 N–H and O–H groups in total. The largest absolute Gasteiger partial charge is 0.437 e. The molecule has 0 aliphatic rings. The first-order chi connectivity index (χ1) is 19.4. The topological polar surface area (TPSA) is 26.0 Å².